The molecule has 0 unspecified atom stereocenters. The summed E-state index contributed by atoms with van der Waals surface area (Å²) < 4.78 is 0. The second-order valence-corrected chi connectivity index (χ2v) is 6.69. The fraction of sp³-hybridized carbons (Fsp3) is 0.375. The van der Waals surface area contributed by atoms with Crippen LogP contribution in [0.1, 0.15) is 28.8 Å². The van der Waals surface area contributed by atoms with Crippen molar-refractivity contribution in [3.05, 3.63) is 45.4 Å². The molecule has 0 aliphatic rings. The normalized spacial score (nSPS) is 10.2. The SMILES string of the molecule is CNCCCC(=O)Nc1ncc(Cc2ccc(Cl)cc2C)s1.Cl. The van der Waals surface area contributed by atoms with Gasteiger partial charge in [-0.15, -0.1) is 23.7 Å². The lowest BCUT2D eigenvalue weighted by atomic mass is 10.1. The summed E-state index contributed by atoms with van der Waals surface area (Å²) in [5.74, 6) is 0.0128. The molecule has 4 nitrogen and oxygen atoms in total. The Morgan fingerprint density at radius 1 is 1.39 bits per heavy atom. The standard InChI is InChI=1S/C16H20ClN3OS.ClH/c1-11-8-13(17)6-5-12(11)9-14-10-19-16(22-14)20-15(21)4-3-7-18-2;/h5-6,8,10,18H,3-4,7,9H2,1-2H3,(H,19,20,21);1H. The van der Waals surface area contributed by atoms with E-state index in [4.69, 9.17) is 11.6 Å². The molecule has 1 heterocycles. The second-order valence-electron chi connectivity index (χ2n) is 5.13. The van der Waals surface area contributed by atoms with E-state index in [0.717, 1.165) is 29.3 Å². The van der Waals surface area contributed by atoms with E-state index in [-0.39, 0.29) is 18.3 Å². The number of benzene rings is 1. The molecule has 2 aromatic rings. The zero-order chi connectivity index (χ0) is 15.9. The minimum Gasteiger partial charge on any atom is -0.320 e. The molecular formula is C16H21Cl2N3OS. The lowest BCUT2D eigenvalue weighted by Gasteiger charge is -2.04. The number of aryl methyl sites for hydroxylation is 1. The number of nitrogens with zero attached hydrogens (tertiary/aromatic N) is 1. The molecule has 0 saturated carbocycles. The zero-order valence-electron chi connectivity index (χ0n) is 13.2. The minimum atomic E-state index is 0. The number of carbonyl (C=O) groups is 1. The minimum absolute atomic E-state index is 0. The number of aromatic nitrogens is 1. The lowest BCUT2D eigenvalue weighted by molar-refractivity contribution is -0.116. The number of thiazole rings is 1. The molecule has 0 saturated heterocycles. The van der Waals surface area contributed by atoms with Crippen LogP contribution >= 0.6 is 35.3 Å². The molecule has 7 heteroatoms. The molecule has 1 aromatic heterocycles. The van der Waals surface area contributed by atoms with Gasteiger partial charge in [-0.2, -0.15) is 0 Å². The van der Waals surface area contributed by atoms with Crippen LogP contribution in [-0.4, -0.2) is 24.5 Å². The van der Waals surface area contributed by atoms with Crippen LogP contribution in [0.15, 0.2) is 24.4 Å². The van der Waals surface area contributed by atoms with Gasteiger partial charge in [0.2, 0.25) is 5.91 Å². The summed E-state index contributed by atoms with van der Waals surface area (Å²) in [5, 5.41) is 7.29. The van der Waals surface area contributed by atoms with E-state index in [1.54, 1.807) is 0 Å². The predicted octanol–water partition coefficient (Wildman–Crippen LogP) is 4.06. The fourth-order valence-electron chi connectivity index (χ4n) is 2.10. The van der Waals surface area contributed by atoms with Crippen LogP contribution in [-0.2, 0) is 11.2 Å². The van der Waals surface area contributed by atoms with Gasteiger partial charge in [-0.1, -0.05) is 17.7 Å². The largest absolute Gasteiger partial charge is 0.320 e. The van der Waals surface area contributed by atoms with Crippen molar-refractivity contribution in [2.24, 2.45) is 0 Å². The Morgan fingerprint density at radius 2 is 2.17 bits per heavy atom. The van der Waals surface area contributed by atoms with Crippen molar-refractivity contribution in [3.63, 3.8) is 0 Å². The highest BCUT2D eigenvalue weighted by atomic mass is 35.5. The molecule has 1 amide bonds. The van der Waals surface area contributed by atoms with Crippen LogP contribution in [0.5, 0.6) is 0 Å². The van der Waals surface area contributed by atoms with Crippen LogP contribution in [0.2, 0.25) is 5.02 Å². The summed E-state index contributed by atoms with van der Waals surface area (Å²) in [4.78, 5) is 17.2. The summed E-state index contributed by atoms with van der Waals surface area (Å²) in [6.07, 6.45) is 3.95. The van der Waals surface area contributed by atoms with Gasteiger partial charge in [-0.25, -0.2) is 4.98 Å². The van der Waals surface area contributed by atoms with E-state index in [9.17, 15) is 4.79 Å². The second kappa shape index (κ2) is 9.88. The van der Waals surface area contributed by atoms with E-state index in [2.05, 4.69) is 15.6 Å². The molecule has 0 radical (unpaired) electrons. The maximum Gasteiger partial charge on any atom is 0.226 e. The smallest absolute Gasteiger partial charge is 0.226 e. The van der Waals surface area contributed by atoms with Crippen LogP contribution in [0.3, 0.4) is 0 Å². The van der Waals surface area contributed by atoms with Crippen molar-refractivity contribution in [2.75, 3.05) is 18.9 Å². The average molecular weight is 374 g/mol. The first-order chi connectivity index (χ1) is 10.6. The van der Waals surface area contributed by atoms with Crippen molar-refractivity contribution >= 4 is 46.4 Å². The van der Waals surface area contributed by atoms with Gasteiger partial charge in [-0.3, -0.25) is 4.79 Å². The van der Waals surface area contributed by atoms with Gasteiger partial charge in [0.15, 0.2) is 5.13 Å². The zero-order valence-corrected chi connectivity index (χ0v) is 15.6. The van der Waals surface area contributed by atoms with E-state index in [0.29, 0.717) is 11.6 Å². The highest BCUT2D eigenvalue weighted by molar-refractivity contribution is 7.15. The van der Waals surface area contributed by atoms with E-state index < -0.39 is 0 Å². The molecule has 0 fully saturated rings. The van der Waals surface area contributed by atoms with Crippen molar-refractivity contribution in [2.45, 2.75) is 26.2 Å². The maximum absolute atomic E-state index is 11.8. The summed E-state index contributed by atoms with van der Waals surface area (Å²) in [5.41, 5.74) is 2.39. The number of hydrogen-bond acceptors (Lipinski definition) is 4. The predicted molar refractivity (Wildman–Crippen MR) is 100 cm³/mol. The Kier molecular flexibility index (Phi) is 8.55. The van der Waals surface area contributed by atoms with Crippen molar-refractivity contribution in [3.8, 4) is 0 Å². The molecule has 2 N–H and O–H groups in total. The first-order valence-corrected chi connectivity index (χ1v) is 8.42. The number of nitrogens with one attached hydrogen (secondary N) is 2. The Hall–Kier alpha value is -1.14. The molecule has 0 spiro atoms. The molecule has 0 bridgehead atoms. The number of hydrogen-bond donors (Lipinski definition) is 2. The molecule has 0 aliphatic carbocycles. The van der Waals surface area contributed by atoms with E-state index in [1.165, 1.54) is 22.5 Å². The van der Waals surface area contributed by atoms with E-state index in [1.807, 2.05) is 38.4 Å². The molecule has 2 rings (SSSR count). The number of halogens is 2. The molecular weight excluding hydrogens is 353 g/mol. The first-order valence-electron chi connectivity index (χ1n) is 7.22. The number of carbonyl (C=O) groups excluding carboxylic acids is 1. The van der Waals surface area contributed by atoms with Gasteiger partial charge < -0.3 is 10.6 Å². The first kappa shape index (κ1) is 19.9. The van der Waals surface area contributed by atoms with E-state index >= 15 is 0 Å². The number of anilines is 1. The Bertz CT molecular complexity index is 646. The number of rotatable bonds is 7. The van der Waals surface area contributed by atoms with Crippen LogP contribution in [0.25, 0.3) is 0 Å². The van der Waals surface area contributed by atoms with Crippen molar-refractivity contribution < 1.29 is 4.79 Å². The molecule has 23 heavy (non-hydrogen) atoms. The van der Waals surface area contributed by atoms with Crippen molar-refractivity contribution in [1.29, 1.82) is 0 Å². The third kappa shape index (κ3) is 6.47. The molecule has 0 atom stereocenters. The van der Waals surface area contributed by atoms with Gasteiger partial charge >= 0.3 is 0 Å². The Labute approximate surface area is 152 Å². The highest BCUT2D eigenvalue weighted by Crippen LogP contribution is 2.24. The summed E-state index contributed by atoms with van der Waals surface area (Å²) >= 11 is 7.49. The van der Waals surface area contributed by atoms with Crippen molar-refractivity contribution in [1.82, 2.24) is 10.3 Å². The molecule has 1 aromatic carbocycles. The highest BCUT2D eigenvalue weighted by Gasteiger charge is 2.08. The quantitative estimate of drug-likeness (QED) is 0.719. The maximum atomic E-state index is 11.8. The Morgan fingerprint density at radius 3 is 2.87 bits per heavy atom. The summed E-state index contributed by atoms with van der Waals surface area (Å²) in [6, 6.07) is 5.89. The summed E-state index contributed by atoms with van der Waals surface area (Å²) in [7, 11) is 1.88. The van der Waals surface area contributed by atoms with Gasteiger partial charge in [0.05, 0.1) is 0 Å². The van der Waals surface area contributed by atoms with Crippen LogP contribution in [0.4, 0.5) is 5.13 Å². The van der Waals surface area contributed by atoms with Gasteiger partial charge in [0.1, 0.15) is 0 Å². The van der Waals surface area contributed by atoms with Crippen LogP contribution < -0.4 is 10.6 Å². The summed E-state index contributed by atoms with van der Waals surface area (Å²) in [6.45, 7) is 2.89. The van der Waals surface area contributed by atoms with Gasteiger partial charge in [0, 0.05) is 28.9 Å². The molecule has 126 valence electrons. The fourth-order valence-corrected chi connectivity index (χ4v) is 3.18. The Balaban J connectivity index is 0.00000264. The van der Waals surface area contributed by atoms with Crippen LogP contribution in [0, 0.1) is 6.92 Å². The lowest BCUT2D eigenvalue weighted by Crippen LogP contribution is -2.14. The van der Waals surface area contributed by atoms with Gasteiger partial charge in [-0.05, 0) is 50.2 Å². The third-order valence-corrected chi connectivity index (χ3v) is 4.45. The van der Waals surface area contributed by atoms with Gasteiger partial charge in [0.25, 0.3) is 0 Å². The monoisotopic (exact) mass is 373 g/mol. The average Bonchev–Trinajstić information content (AvgIpc) is 2.89. The third-order valence-electron chi connectivity index (χ3n) is 3.30. The number of amides is 1. The topological polar surface area (TPSA) is 54.0 Å². The molecule has 0 aliphatic heterocycles.